The summed E-state index contributed by atoms with van der Waals surface area (Å²) in [5.41, 5.74) is 1.01. The zero-order chi connectivity index (χ0) is 15.2. The first-order valence-corrected chi connectivity index (χ1v) is 7.09. The van der Waals surface area contributed by atoms with Crippen molar-refractivity contribution in [1.82, 2.24) is 15.3 Å². The highest BCUT2D eigenvalue weighted by atomic mass is 16.5. The zero-order valence-corrected chi connectivity index (χ0v) is 12.8. The van der Waals surface area contributed by atoms with Crippen LogP contribution in [0.4, 0.5) is 5.95 Å². The van der Waals surface area contributed by atoms with Crippen LogP contribution in [0.2, 0.25) is 0 Å². The summed E-state index contributed by atoms with van der Waals surface area (Å²) in [5.74, 6) is 0.725. The minimum Gasteiger partial charge on any atom is -0.390 e. The Balaban J connectivity index is 1.78. The molecule has 0 aromatic carbocycles. The highest BCUT2D eigenvalue weighted by Crippen LogP contribution is 2.16. The molecular formula is C14H24N4O3. The fourth-order valence-corrected chi connectivity index (χ4v) is 2.30. The van der Waals surface area contributed by atoms with E-state index in [1.54, 1.807) is 19.5 Å². The number of rotatable bonds is 6. The number of aliphatic hydroxyl groups excluding tert-OH is 1. The third-order valence-electron chi connectivity index (χ3n) is 3.61. The van der Waals surface area contributed by atoms with E-state index in [0.717, 1.165) is 5.56 Å². The Bertz CT molecular complexity index is 427. The lowest BCUT2D eigenvalue weighted by Gasteiger charge is -2.33. The quantitative estimate of drug-likeness (QED) is 0.743. The highest BCUT2D eigenvalue weighted by molar-refractivity contribution is 5.26. The Kier molecular flexibility index (Phi) is 5.86. The maximum Gasteiger partial charge on any atom is 0.224 e. The Morgan fingerprint density at radius 2 is 2.10 bits per heavy atom. The van der Waals surface area contributed by atoms with Crippen molar-refractivity contribution < 1.29 is 14.6 Å². The number of hydrogen-bond donors (Lipinski definition) is 2. The molecule has 2 N–H and O–H groups in total. The fraction of sp³-hybridized carbons (Fsp3) is 0.714. The van der Waals surface area contributed by atoms with Crippen LogP contribution < -0.4 is 10.2 Å². The predicted molar refractivity (Wildman–Crippen MR) is 79.2 cm³/mol. The van der Waals surface area contributed by atoms with Crippen LogP contribution in [0.1, 0.15) is 5.56 Å². The molecule has 7 nitrogen and oxygen atoms in total. The van der Waals surface area contributed by atoms with Gasteiger partial charge < -0.3 is 24.8 Å². The summed E-state index contributed by atoms with van der Waals surface area (Å²) >= 11 is 0. The lowest BCUT2D eigenvalue weighted by atomic mass is 9.96. The number of nitrogens with one attached hydrogen (secondary N) is 1. The van der Waals surface area contributed by atoms with Gasteiger partial charge in [0.05, 0.1) is 19.3 Å². The number of ether oxygens (including phenoxy) is 2. The molecule has 7 heteroatoms. The average molecular weight is 296 g/mol. The number of aromatic nitrogens is 2. The Labute approximate surface area is 125 Å². The van der Waals surface area contributed by atoms with Gasteiger partial charge in [0, 0.05) is 58.2 Å². The molecule has 2 rings (SSSR count). The van der Waals surface area contributed by atoms with Crippen LogP contribution in [-0.4, -0.2) is 68.2 Å². The van der Waals surface area contributed by atoms with Crippen LogP contribution >= 0.6 is 0 Å². The third-order valence-corrected chi connectivity index (χ3v) is 3.61. The molecule has 0 saturated carbocycles. The van der Waals surface area contributed by atoms with Crippen molar-refractivity contribution in [2.75, 3.05) is 45.9 Å². The van der Waals surface area contributed by atoms with Gasteiger partial charge in [0.1, 0.15) is 6.10 Å². The van der Waals surface area contributed by atoms with Crippen LogP contribution in [0, 0.1) is 5.92 Å². The molecule has 3 atom stereocenters. The van der Waals surface area contributed by atoms with Gasteiger partial charge in [-0.15, -0.1) is 0 Å². The summed E-state index contributed by atoms with van der Waals surface area (Å²) in [6.45, 7) is 2.32. The summed E-state index contributed by atoms with van der Waals surface area (Å²) in [6.07, 6.45) is 2.87. The molecule has 118 valence electrons. The number of nitrogens with zero attached hydrogens (tertiary/aromatic N) is 3. The molecule has 1 aliphatic heterocycles. The van der Waals surface area contributed by atoms with Crippen molar-refractivity contribution in [3.63, 3.8) is 0 Å². The molecule has 0 amide bonds. The lowest BCUT2D eigenvalue weighted by molar-refractivity contribution is -0.133. The van der Waals surface area contributed by atoms with Crippen LogP contribution in [0.25, 0.3) is 0 Å². The normalized spacial score (nSPS) is 25.8. The SMILES string of the molecule is CO[C@@H]1COC[C@@H](CNCc2cnc(N(C)C)nc2)[C@@H]1O. The molecule has 1 aliphatic rings. The van der Waals surface area contributed by atoms with Gasteiger partial charge in [-0.3, -0.25) is 0 Å². The Hall–Kier alpha value is -1.28. The molecule has 0 bridgehead atoms. The van der Waals surface area contributed by atoms with Gasteiger partial charge in [0.15, 0.2) is 0 Å². The van der Waals surface area contributed by atoms with E-state index in [-0.39, 0.29) is 12.0 Å². The van der Waals surface area contributed by atoms with Crippen LogP contribution in [0.3, 0.4) is 0 Å². The fourth-order valence-electron chi connectivity index (χ4n) is 2.30. The van der Waals surface area contributed by atoms with E-state index in [1.165, 1.54) is 0 Å². The molecule has 0 spiro atoms. The van der Waals surface area contributed by atoms with Crippen LogP contribution in [0.15, 0.2) is 12.4 Å². The smallest absolute Gasteiger partial charge is 0.224 e. The second-order valence-corrected chi connectivity index (χ2v) is 5.48. The number of methoxy groups -OCH3 is 1. The van der Waals surface area contributed by atoms with E-state index < -0.39 is 6.10 Å². The zero-order valence-electron chi connectivity index (χ0n) is 12.8. The van der Waals surface area contributed by atoms with Crippen molar-refractivity contribution in [3.05, 3.63) is 18.0 Å². The van der Waals surface area contributed by atoms with Crippen molar-refractivity contribution in [3.8, 4) is 0 Å². The monoisotopic (exact) mass is 296 g/mol. The highest BCUT2D eigenvalue weighted by Gasteiger charge is 2.32. The molecule has 1 fully saturated rings. The Morgan fingerprint density at radius 3 is 2.71 bits per heavy atom. The van der Waals surface area contributed by atoms with Gasteiger partial charge in [-0.2, -0.15) is 0 Å². The molecule has 0 aliphatic carbocycles. The van der Waals surface area contributed by atoms with Crippen molar-refractivity contribution in [2.45, 2.75) is 18.8 Å². The summed E-state index contributed by atoms with van der Waals surface area (Å²) < 4.78 is 10.7. The van der Waals surface area contributed by atoms with Crippen molar-refractivity contribution in [1.29, 1.82) is 0 Å². The predicted octanol–water partition coefficient (Wildman–Crippen LogP) is -0.345. The van der Waals surface area contributed by atoms with Crippen molar-refractivity contribution in [2.24, 2.45) is 5.92 Å². The number of hydrogen-bond acceptors (Lipinski definition) is 7. The molecular weight excluding hydrogens is 272 g/mol. The van der Waals surface area contributed by atoms with E-state index >= 15 is 0 Å². The second-order valence-electron chi connectivity index (χ2n) is 5.48. The van der Waals surface area contributed by atoms with Gasteiger partial charge in [0.25, 0.3) is 0 Å². The van der Waals surface area contributed by atoms with E-state index in [1.807, 2.05) is 19.0 Å². The van der Waals surface area contributed by atoms with Gasteiger partial charge in [-0.25, -0.2) is 9.97 Å². The topological polar surface area (TPSA) is 79.7 Å². The van der Waals surface area contributed by atoms with Gasteiger partial charge in [0.2, 0.25) is 5.95 Å². The van der Waals surface area contributed by atoms with E-state index in [0.29, 0.717) is 32.3 Å². The van der Waals surface area contributed by atoms with E-state index in [9.17, 15) is 5.11 Å². The summed E-state index contributed by atoms with van der Waals surface area (Å²) in [4.78, 5) is 10.4. The summed E-state index contributed by atoms with van der Waals surface area (Å²) in [6, 6.07) is 0. The van der Waals surface area contributed by atoms with Crippen molar-refractivity contribution >= 4 is 5.95 Å². The summed E-state index contributed by atoms with van der Waals surface area (Å²) in [5, 5.41) is 13.5. The second kappa shape index (κ2) is 7.65. The molecule has 21 heavy (non-hydrogen) atoms. The lowest BCUT2D eigenvalue weighted by Crippen LogP contribution is -2.48. The Morgan fingerprint density at radius 1 is 1.38 bits per heavy atom. The van der Waals surface area contributed by atoms with E-state index in [4.69, 9.17) is 9.47 Å². The van der Waals surface area contributed by atoms with Gasteiger partial charge >= 0.3 is 0 Å². The standard InChI is InChI=1S/C14H24N4O3/c1-18(2)14-16-5-10(6-17-14)4-15-7-11-8-21-9-12(20-3)13(11)19/h5-6,11-13,15,19H,4,7-9H2,1-3H3/t11-,12-,13+/m1/s1. The maximum absolute atomic E-state index is 10.1. The maximum atomic E-state index is 10.1. The molecule has 0 radical (unpaired) electrons. The first-order chi connectivity index (χ1) is 10.1. The molecule has 1 saturated heterocycles. The largest absolute Gasteiger partial charge is 0.390 e. The average Bonchev–Trinajstić information content (AvgIpc) is 2.49. The van der Waals surface area contributed by atoms with Gasteiger partial charge in [-0.1, -0.05) is 0 Å². The minimum atomic E-state index is -0.497. The molecule has 0 unspecified atom stereocenters. The van der Waals surface area contributed by atoms with Crippen LogP contribution in [0.5, 0.6) is 0 Å². The summed E-state index contributed by atoms with van der Waals surface area (Å²) in [7, 11) is 5.41. The third kappa shape index (κ3) is 4.34. The van der Waals surface area contributed by atoms with Gasteiger partial charge in [-0.05, 0) is 0 Å². The first-order valence-electron chi connectivity index (χ1n) is 7.09. The van der Waals surface area contributed by atoms with Crippen LogP contribution in [-0.2, 0) is 16.0 Å². The molecule has 1 aromatic rings. The number of anilines is 1. The molecule has 2 heterocycles. The first kappa shape index (κ1) is 16.1. The molecule has 1 aromatic heterocycles. The minimum absolute atomic E-state index is 0.0330. The van der Waals surface area contributed by atoms with E-state index in [2.05, 4.69) is 15.3 Å². The number of aliphatic hydroxyl groups is 1.